The molecular formula is C17H24FNO4. The van der Waals surface area contributed by atoms with Gasteiger partial charge in [-0.2, -0.15) is 0 Å². The Hall–Kier alpha value is -1.82. The van der Waals surface area contributed by atoms with Crippen molar-refractivity contribution in [3.05, 3.63) is 24.0 Å². The number of carbonyl (C=O) groups is 1. The smallest absolute Gasteiger partial charge is 0.309 e. The van der Waals surface area contributed by atoms with Crippen molar-refractivity contribution in [3.8, 4) is 5.75 Å². The maximum Gasteiger partial charge on any atom is 0.309 e. The quantitative estimate of drug-likeness (QED) is 0.836. The summed E-state index contributed by atoms with van der Waals surface area (Å²) in [7, 11) is 0. The van der Waals surface area contributed by atoms with Gasteiger partial charge in [-0.1, -0.05) is 0 Å². The molecule has 2 N–H and O–H groups in total. The SMILES string of the molecule is CC(C)(C)OC(=O)CC1(O)CCN(c2ccc(O)cc2F)CC1. The second-order valence-corrected chi connectivity index (χ2v) is 7.11. The van der Waals surface area contributed by atoms with E-state index in [-0.39, 0.29) is 12.2 Å². The van der Waals surface area contributed by atoms with Gasteiger partial charge in [0, 0.05) is 19.2 Å². The molecule has 0 atom stereocenters. The maximum atomic E-state index is 13.9. The molecule has 2 rings (SSSR count). The third-order valence-electron chi connectivity index (χ3n) is 3.86. The van der Waals surface area contributed by atoms with Gasteiger partial charge >= 0.3 is 5.97 Å². The Labute approximate surface area is 135 Å². The standard InChI is InChI=1S/C17H24FNO4/c1-16(2,3)23-15(21)11-17(22)6-8-19(9-7-17)14-5-4-12(20)10-13(14)18/h4-5,10,20,22H,6-9,11H2,1-3H3. The van der Waals surface area contributed by atoms with Crippen LogP contribution in [-0.2, 0) is 9.53 Å². The minimum absolute atomic E-state index is 0.0594. The summed E-state index contributed by atoms with van der Waals surface area (Å²) in [5.41, 5.74) is -1.31. The number of aliphatic hydroxyl groups is 1. The lowest BCUT2D eigenvalue weighted by Crippen LogP contribution is -2.46. The van der Waals surface area contributed by atoms with Crippen LogP contribution in [0.5, 0.6) is 5.75 Å². The van der Waals surface area contributed by atoms with Crippen molar-refractivity contribution in [2.75, 3.05) is 18.0 Å². The number of carbonyl (C=O) groups excluding carboxylic acids is 1. The van der Waals surface area contributed by atoms with E-state index in [2.05, 4.69) is 0 Å². The van der Waals surface area contributed by atoms with Crippen molar-refractivity contribution in [1.29, 1.82) is 0 Å². The summed E-state index contributed by atoms with van der Waals surface area (Å²) in [5.74, 6) is -1.04. The monoisotopic (exact) mass is 325 g/mol. The fourth-order valence-corrected chi connectivity index (χ4v) is 2.74. The minimum atomic E-state index is -1.12. The van der Waals surface area contributed by atoms with Crippen LogP contribution in [0, 0.1) is 5.82 Å². The molecule has 0 amide bonds. The van der Waals surface area contributed by atoms with Crippen LogP contribution in [-0.4, -0.2) is 40.5 Å². The molecule has 1 saturated heterocycles. The first-order chi connectivity index (χ1) is 10.6. The first-order valence-corrected chi connectivity index (χ1v) is 7.76. The molecule has 1 aliphatic heterocycles. The third-order valence-corrected chi connectivity index (χ3v) is 3.86. The zero-order valence-corrected chi connectivity index (χ0v) is 13.8. The lowest BCUT2D eigenvalue weighted by atomic mass is 9.88. The predicted octanol–water partition coefficient (Wildman–Crippen LogP) is 2.59. The molecular weight excluding hydrogens is 301 g/mol. The average molecular weight is 325 g/mol. The van der Waals surface area contributed by atoms with Crippen LogP contribution in [0.1, 0.15) is 40.0 Å². The van der Waals surface area contributed by atoms with Crippen molar-refractivity contribution in [3.63, 3.8) is 0 Å². The van der Waals surface area contributed by atoms with E-state index in [0.717, 1.165) is 6.07 Å². The summed E-state index contributed by atoms with van der Waals surface area (Å²) in [6.07, 6.45) is 0.648. The number of esters is 1. The molecule has 6 heteroatoms. The van der Waals surface area contributed by atoms with Gasteiger partial charge in [-0.05, 0) is 45.7 Å². The summed E-state index contributed by atoms with van der Waals surface area (Å²) >= 11 is 0. The number of hydrogen-bond donors (Lipinski definition) is 2. The lowest BCUT2D eigenvalue weighted by molar-refractivity contribution is -0.161. The summed E-state index contributed by atoms with van der Waals surface area (Å²) in [4.78, 5) is 13.7. The summed E-state index contributed by atoms with van der Waals surface area (Å²) in [6, 6.07) is 4.01. The van der Waals surface area contributed by atoms with Crippen molar-refractivity contribution in [1.82, 2.24) is 0 Å². The zero-order valence-electron chi connectivity index (χ0n) is 13.8. The Kier molecular flexibility index (Phi) is 4.84. The fourth-order valence-electron chi connectivity index (χ4n) is 2.74. The van der Waals surface area contributed by atoms with E-state index in [4.69, 9.17) is 4.74 Å². The number of piperidine rings is 1. The Morgan fingerprint density at radius 3 is 2.48 bits per heavy atom. The normalized spacial score (nSPS) is 17.9. The maximum absolute atomic E-state index is 13.9. The Balaban J connectivity index is 1.95. The van der Waals surface area contributed by atoms with E-state index in [9.17, 15) is 19.4 Å². The highest BCUT2D eigenvalue weighted by Crippen LogP contribution is 2.31. The molecule has 0 bridgehead atoms. The molecule has 0 spiro atoms. The Morgan fingerprint density at radius 2 is 1.96 bits per heavy atom. The van der Waals surface area contributed by atoms with Crippen LogP contribution in [0.3, 0.4) is 0 Å². The molecule has 128 valence electrons. The zero-order chi connectivity index (χ0) is 17.3. The summed E-state index contributed by atoms with van der Waals surface area (Å²) in [6.45, 7) is 6.21. The van der Waals surface area contributed by atoms with E-state index >= 15 is 0 Å². The number of phenolic OH excluding ortho intramolecular Hbond substituents is 1. The average Bonchev–Trinajstić information content (AvgIpc) is 2.37. The number of ether oxygens (including phenoxy) is 1. The molecule has 1 heterocycles. The lowest BCUT2D eigenvalue weighted by Gasteiger charge is -2.39. The number of phenols is 1. The highest BCUT2D eigenvalue weighted by molar-refractivity contribution is 5.71. The van der Waals surface area contributed by atoms with E-state index in [1.165, 1.54) is 12.1 Å². The van der Waals surface area contributed by atoms with E-state index in [1.54, 1.807) is 25.7 Å². The molecule has 0 saturated carbocycles. The Bertz CT molecular complexity index is 574. The number of benzene rings is 1. The molecule has 0 radical (unpaired) electrons. The predicted molar refractivity (Wildman–Crippen MR) is 84.9 cm³/mol. The van der Waals surface area contributed by atoms with Crippen LogP contribution < -0.4 is 4.90 Å². The number of nitrogens with zero attached hydrogens (tertiary/aromatic N) is 1. The van der Waals surface area contributed by atoms with Gasteiger partial charge in [0.2, 0.25) is 0 Å². The number of aromatic hydroxyl groups is 1. The van der Waals surface area contributed by atoms with Gasteiger partial charge in [-0.25, -0.2) is 4.39 Å². The highest BCUT2D eigenvalue weighted by Gasteiger charge is 2.36. The Morgan fingerprint density at radius 1 is 1.35 bits per heavy atom. The topological polar surface area (TPSA) is 70.0 Å². The second-order valence-electron chi connectivity index (χ2n) is 7.11. The molecule has 23 heavy (non-hydrogen) atoms. The van der Waals surface area contributed by atoms with Crippen LogP contribution in [0.15, 0.2) is 18.2 Å². The summed E-state index contributed by atoms with van der Waals surface area (Å²) in [5, 5.41) is 19.8. The third kappa shape index (κ3) is 4.82. The number of halogens is 1. The van der Waals surface area contributed by atoms with Crippen LogP contribution in [0.4, 0.5) is 10.1 Å². The van der Waals surface area contributed by atoms with Crippen molar-refractivity contribution in [2.24, 2.45) is 0 Å². The molecule has 1 aromatic rings. The van der Waals surface area contributed by atoms with Crippen LogP contribution in [0.25, 0.3) is 0 Å². The van der Waals surface area contributed by atoms with Gasteiger partial charge in [0.05, 0.1) is 17.7 Å². The van der Waals surface area contributed by atoms with Crippen molar-refractivity contribution >= 4 is 11.7 Å². The van der Waals surface area contributed by atoms with Gasteiger partial charge < -0.3 is 19.8 Å². The van der Waals surface area contributed by atoms with Gasteiger partial charge in [0.25, 0.3) is 0 Å². The van der Waals surface area contributed by atoms with E-state index in [0.29, 0.717) is 31.6 Å². The summed E-state index contributed by atoms with van der Waals surface area (Å²) < 4.78 is 19.1. The van der Waals surface area contributed by atoms with Gasteiger partial charge in [-0.3, -0.25) is 4.79 Å². The minimum Gasteiger partial charge on any atom is -0.508 e. The molecule has 0 aliphatic carbocycles. The molecule has 1 aromatic carbocycles. The molecule has 5 nitrogen and oxygen atoms in total. The van der Waals surface area contributed by atoms with Gasteiger partial charge in [0.1, 0.15) is 17.2 Å². The van der Waals surface area contributed by atoms with Crippen molar-refractivity contribution < 1.29 is 24.1 Å². The van der Waals surface area contributed by atoms with E-state index in [1.807, 2.05) is 0 Å². The molecule has 0 aromatic heterocycles. The van der Waals surface area contributed by atoms with Crippen LogP contribution in [0.2, 0.25) is 0 Å². The molecule has 0 unspecified atom stereocenters. The fraction of sp³-hybridized carbons (Fsp3) is 0.588. The van der Waals surface area contributed by atoms with Gasteiger partial charge in [0.15, 0.2) is 0 Å². The van der Waals surface area contributed by atoms with Crippen LogP contribution >= 0.6 is 0 Å². The van der Waals surface area contributed by atoms with Crippen molar-refractivity contribution in [2.45, 2.75) is 51.2 Å². The van der Waals surface area contributed by atoms with E-state index < -0.39 is 23.0 Å². The molecule has 1 aliphatic rings. The highest BCUT2D eigenvalue weighted by atomic mass is 19.1. The van der Waals surface area contributed by atoms with Gasteiger partial charge in [-0.15, -0.1) is 0 Å². The number of rotatable bonds is 3. The number of hydrogen-bond acceptors (Lipinski definition) is 5. The largest absolute Gasteiger partial charge is 0.508 e. The first kappa shape index (κ1) is 17.5. The number of anilines is 1. The second kappa shape index (κ2) is 6.35. The first-order valence-electron chi connectivity index (χ1n) is 7.76. The molecule has 1 fully saturated rings.